The van der Waals surface area contributed by atoms with Crippen molar-refractivity contribution in [3.63, 3.8) is 0 Å². The fraction of sp³-hybridized carbons (Fsp3) is 0.450. The molecular weight excluding hydrogens is 380 g/mol. The van der Waals surface area contributed by atoms with Crippen molar-refractivity contribution in [2.45, 2.75) is 31.7 Å². The van der Waals surface area contributed by atoms with E-state index in [0.29, 0.717) is 11.6 Å². The van der Waals surface area contributed by atoms with E-state index in [1.165, 1.54) is 19.9 Å². The van der Waals surface area contributed by atoms with Gasteiger partial charge < -0.3 is 10.3 Å². The lowest BCUT2D eigenvalue weighted by atomic mass is 10.0. The highest BCUT2D eigenvalue weighted by Crippen LogP contribution is 2.25. The number of likely N-dealkylation sites (tertiary alicyclic amines) is 1. The number of H-pyrrole nitrogens is 1. The van der Waals surface area contributed by atoms with Gasteiger partial charge in [0.1, 0.15) is 5.69 Å². The summed E-state index contributed by atoms with van der Waals surface area (Å²) in [6, 6.07) is 8.79. The first-order valence-corrected chi connectivity index (χ1v) is 9.91. The summed E-state index contributed by atoms with van der Waals surface area (Å²) in [5.41, 5.74) is -0.0852. The van der Waals surface area contributed by atoms with Gasteiger partial charge in [-0.05, 0) is 43.6 Å². The largest absolute Gasteiger partial charge is 0.349 e. The number of benzene rings is 1. The summed E-state index contributed by atoms with van der Waals surface area (Å²) < 4.78 is 0.921. The normalized spacial score (nSPS) is 16.4. The fourth-order valence-electron chi connectivity index (χ4n) is 3.51. The van der Waals surface area contributed by atoms with E-state index >= 15 is 0 Å². The van der Waals surface area contributed by atoms with Crippen molar-refractivity contribution in [2.24, 2.45) is 7.05 Å². The van der Waals surface area contributed by atoms with Gasteiger partial charge in [0.15, 0.2) is 0 Å². The highest BCUT2D eigenvalue weighted by atomic mass is 35.5. The van der Waals surface area contributed by atoms with Crippen molar-refractivity contribution in [3.8, 4) is 0 Å². The Morgan fingerprint density at radius 2 is 1.79 bits per heavy atom. The van der Waals surface area contributed by atoms with Crippen molar-refractivity contribution in [2.75, 3.05) is 19.6 Å². The molecule has 1 amide bonds. The third kappa shape index (κ3) is 4.91. The van der Waals surface area contributed by atoms with Crippen molar-refractivity contribution < 1.29 is 4.79 Å². The van der Waals surface area contributed by atoms with Crippen LogP contribution in [0.25, 0.3) is 0 Å². The minimum atomic E-state index is -0.612. The number of nitrogens with zero attached hydrogens (tertiary/aromatic N) is 2. The van der Waals surface area contributed by atoms with Crippen LogP contribution in [0.15, 0.2) is 39.9 Å². The SMILES string of the molecule is Cn1c(=O)cc(C(=O)NCC(c2ccc(Cl)cc2)N2CCCCCC2)[nH]c1=O. The highest BCUT2D eigenvalue weighted by Gasteiger charge is 2.22. The zero-order valence-electron chi connectivity index (χ0n) is 15.9. The lowest BCUT2D eigenvalue weighted by molar-refractivity contribution is 0.0927. The Labute approximate surface area is 168 Å². The lowest BCUT2D eigenvalue weighted by Crippen LogP contribution is -2.40. The number of rotatable bonds is 5. The summed E-state index contributed by atoms with van der Waals surface area (Å²) in [6.45, 7) is 2.30. The van der Waals surface area contributed by atoms with Crippen LogP contribution in [0.5, 0.6) is 0 Å². The van der Waals surface area contributed by atoms with Gasteiger partial charge >= 0.3 is 5.69 Å². The smallest absolute Gasteiger partial charge is 0.328 e. The molecule has 2 N–H and O–H groups in total. The van der Waals surface area contributed by atoms with Crippen molar-refractivity contribution in [1.29, 1.82) is 0 Å². The molecule has 1 aliphatic heterocycles. The molecule has 1 unspecified atom stereocenters. The van der Waals surface area contributed by atoms with Gasteiger partial charge in [0, 0.05) is 24.7 Å². The number of hydrogen-bond donors (Lipinski definition) is 2. The molecule has 1 aromatic heterocycles. The van der Waals surface area contributed by atoms with Crippen LogP contribution in [0.3, 0.4) is 0 Å². The lowest BCUT2D eigenvalue weighted by Gasteiger charge is -2.31. The van der Waals surface area contributed by atoms with Crippen LogP contribution in [-0.2, 0) is 7.05 Å². The maximum absolute atomic E-state index is 12.5. The molecule has 1 saturated heterocycles. The van der Waals surface area contributed by atoms with Gasteiger partial charge in [-0.3, -0.25) is 19.1 Å². The molecule has 2 aromatic rings. The van der Waals surface area contributed by atoms with E-state index in [1.54, 1.807) is 0 Å². The van der Waals surface area contributed by atoms with Crippen LogP contribution in [0.4, 0.5) is 0 Å². The molecule has 0 aliphatic carbocycles. The molecule has 0 bridgehead atoms. The van der Waals surface area contributed by atoms with Gasteiger partial charge in [-0.25, -0.2) is 4.79 Å². The zero-order valence-corrected chi connectivity index (χ0v) is 16.7. The Balaban J connectivity index is 1.79. The minimum absolute atomic E-state index is 0.00224. The van der Waals surface area contributed by atoms with Crippen molar-refractivity contribution >= 4 is 17.5 Å². The van der Waals surface area contributed by atoms with Crippen LogP contribution in [-0.4, -0.2) is 40.0 Å². The molecule has 1 aromatic carbocycles. The van der Waals surface area contributed by atoms with E-state index in [0.717, 1.165) is 42.1 Å². The average molecular weight is 405 g/mol. The first-order chi connectivity index (χ1) is 13.5. The predicted octanol–water partition coefficient (Wildman–Crippen LogP) is 2.07. The van der Waals surface area contributed by atoms with Gasteiger partial charge in [-0.1, -0.05) is 36.6 Å². The molecule has 0 saturated carbocycles. The molecule has 150 valence electrons. The second-order valence-electron chi connectivity index (χ2n) is 7.11. The highest BCUT2D eigenvalue weighted by molar-refractivity contribution is 6.30. The van der Waals surface area contributed by atoms with Crippen LogP contribution >= 0.6 is 11.6 Å². The number of carbonyl (C=O) groups is 1. The number of aromatic amines is 1. The van der Waals surface area contributed by atoms with Gasteiger partial charge in [0.05, 0.1) is 6.04 Å². The van der Waals surface area contributed by atoms with Crippen LogP contribution < -0.4 is 16.6 Å². The summed E-state index contributed by atoms with van der Waals surface area (Å²) in [5, 5.41) is 3.54. The monoisotopic (exact) mass is 404 g/mol. The van der Waals surface area contributed by atoms with Crippen LogP contribution in [0.1, 0.15) is 47.8 Å². The van der Waals surface area contributed by atoms with Crippen LogP contribution in [0.2, 0.25) is 5.02 Å². The standard InChI is InChI=1S/C20H25ClN4O3/c1-24-18(26)12-16(23-20(24)28)19(27)22-13-17(14-6-8-15(21)9-7-14)25-10-4-2-3-5-11-25/h6-9,12,17H,2-5,10-11,13H2,1H3,(H,22,27)(H,23,28). The summed E-state index contributed by atoms with van der Waals surface area (Å²) in [7, 11) is 1.36. The second-order valence-corrected chi connectivity index (χ2v) is 7.55. The van der Waals surface area contributed by atoms with E-state index < -0.39 is 17.2 Å². The maximum Gasteiger partial charge on any atom is 0.328 e. The summed E-state index contributed by atoms with van der Waals surface area (Å²) >= 11 is 6.03. The molecule has 28 heavy (non-hydrogen) atoms. The number of nitrogens with one attached hydrogen (secondary N) is 2. The van der Waals surface area contributed by atoms with Crippen molar-refractivity contribution in [1.82, 2.24) is 19.8 Å². The topological polar surface area (TPSA) is 87.2 Å². The quantitative estimate of drug-likeness (QED) is 0.798. The van der Waals surface area contributed by atoms with E-state index in [9.17, 15) is 14.4 Å². The molecule has 3 rings (SSSR count). The summed E-state index contributed by atoms with van der Waals surface area (Å²) in [5.74, 6) is -0.469. The van der Waals surface area contributed by atoms with Gasteiger partial charge in [0.25, 0.3) is 11.5 Å². The summed E-state index contributed by atoms with van der Waals surface area (Å²) in [4.78, 5) is 40.9. The molecule has 1 fully saturated rings. The molecular formula is C20H25ClN4O3. The molecule has 0 radical (unpaired) electrons. The molecule has 1 aliphatic rings. The van der Waals surface area contributed by atoms with E-state index in [2.05, 4.69) is 15.2 Å². The van der Waals surface area contributed by atoms with E-state index in [1.807, 2.05) is 24.3 Å². The van der Waals surface area contributed by atoms with Gasteiger partial charge in [-0.15, -0.1) is 0 Å². The molecule has 1 atom stereocenters. The Bertz CT molecular complexity index is 896. The zero-order chi connectivity index (χ0) is 20.1. The Kier molecular flexibility index (Phi) is 6.70. The Hall–Kier alpha value is -2.38. The second kappa shape index (κ2) is 9.21. The Morgan fingerprint density at radius 3 is 2.39 bits per heavy atom. The minimum Gasteiger partial charge on any atom is -0.349 e. The predicted molar refractivity (Wildman–Crippen MR) is 109 cm³/mol. The molecule has 8 heteroatoms. The number of hydrogen-bond acceptors (Lipinski definition) is 4. The maximum atomic E-state index is 12.5. The van der Waals surface area contributed by atoms with Crippen LogP contribution in [0, 0.1) is 0 Å². The van der Waals surface area contributed by atoms with E-state index in [4.69, 9.17) is 11.6 Å². The molecule has 7 nitrogen and oxygen atoms in total. The third-order valence-electron chi connectivity index (χ3n) is 5.18. The number of aromatic nitrogens is 2. The van der Waals surface area contributed by atoms with Crippen molar-refractivity contribution in [3.05, 3.63) is 67.4 Å². The van der Waals surface area contributed by atoms with E-state index in [-0.39, 0.29) is 11.7 Å². The number of amides is 1. The number of halogens is 1. The Morgan fingerprint density at radius 1 is 1.14 bits per heavy atom. The third-order valence-corrected chi connectivity index (χ3v) is 5.43. The first-order valence-electron chi connectivity index (χ1n) is 9.54. The van der Waals surface area contributed by atoms with Gasteiger partial charge in [-0.2, -0.15) is 0 Å². The fourth-order valence-corrected chi connectivity index (χ4v) is 3.64. The summed E-state index contributed by atoms with van der Waals surface area (Å²) in [6.07, 6.45) is 4.68. The average Bonchev–Trinajstić information content (AvgIpc) is 2.96. The van der Waals surface area contributed by atoms with Gasteiger partial charge in [0.2, 0.25) is 0 Å². The first kappa shape index (κ1) is 20.4. The molecule has 2 heterocycles. The number of carbonyl (C=O) groups excluding carboxylic acids is 1. The molecule has 0 spiro atoms.